The van der Waals surface area contributed by atoms with Gasteiger partial charge in [0.25, 0.3) is 0 Å². The number of hydrogen-bond donors (Lipinski definition) is 1. The molecule has 1 atom stereocenters. The van der Waals surface area contributed by atoms with E-state index in [1.54, 1.807) is 0 Å². The highest BCUT2D eigenvalue weighted by Gasteiger charge is 2.34. The molecule has 0 aromatic rings. The maximum atomic E-state index is 11.6. The van der Waals surface area contributed by atoms with Crippen molar-refractivity contribution in [3.8, 4) is 0 Å². The van der Waals surface area contributed by atoms with Crippen molar-refractivity contribution < 1.29 is 22.7 Å². The number of hydrogen-bond acceptors (Lipinski definition) is 5. The molecule has 1 aliphatic heterocycles. The Hall–Kier alpha value is -1.15. The molecule has 7 nitrogen and oxygen atoms in total. The summed E-state index contributed by atoms with van der Waals surface area (Å²) in [5.74, 6) is -0.578. The van der Waals surface area contributed by atoms with Crippen LogP contribution in [0.4, 0.5) is 0 Å². The molecule has 1 unspecified atom stereocenters. The van der Waals surface area contributed by atoms with Crippen LogP contribution in [0.2, 0.25) is 0 Å². The number of carbonyl (C=O) groups excluding carboxylic acids is 2. The zero-order valence-electron chi connectivity index (χ0n) is 11.2. The van der Waals surface area contributed by atoms with Crippen LogP contribution in [0.1, 0.15) is 13.3 Å². The third kappa shape index (κ3) is 5.15. The van der Waals surface area contributed by atoms with Gasteiger partial charge in [0.1, 0.15) is 0 Å². The van der Waals surface area contributed by atoms with Crippen molar-refractivity contribution in [2.45, 2.75) is 19.4 Å². The van der Waals surface area contributed by atoms with Gasteiger partial charge in [-0.25, -0.2) is 8.42 Å². The lowest BCUT2D eigenvalue weighted by Crippen LogP contribution is -2.46. The Morgan fingerprint density at radius 3 is 2.58 bits per heavy atom. The molecule has 0 bridgehead atoms. The standard InChI is InChI=1S/C11H20N2O5S/c1-9(14)13(7-11(15)12-4-5-18-2)10-3-6-19(16,17)8-10/h10H,3-8H2,1-2H3,(H,12,15). The minimum absolute atomic E-state index is 0.0576. The van der Waals surface area contributed by atoms with Crippen LogP contribution in [0.5, 0.6) is 0 Å². The second-order valence-electron chi connectivity index (χ2n) is 4.55. The largest absolute Gasteiger partial charge is 0.383 e. The van der Waals surface area contributed by atoms with E-state index >= 15 is 0 Å². The van der Waals surface area contributed by atoms with Gasteiger partial charge in [0, 0.05) is 26.6 Å². The minimum Gasteiger partial charge on any atom is -0.383 e. The molecule has 110 valence electrons. The molecule has 0 radical (unpaired) electrons. The first-order valence-corrected chi connectivity index (χ1v) is 7.91. The summed E-state index contributed by atoms with van der Waals surface area (Å²) in [5.41, 5.74) is 0. The van der Waals surface area contributed by atoms with E-state index in [4.69, 9.17) is 4.74 Å². The van der Waals surface area contributed by atoms with Crippen LogP contribution in [0, 0.1) is 0 Å². The lowest BCUT2D eigenvalue weighted by molar-refractivity contribution is -0.136. The van der Waals surface area contributed by atoms with Crippen molar-refractivity contribution >= 4 is 21.7 Å². The Morgan fingerprint density at radius 1 is 1.42 bits per heavy atom. The van der Waals surface area contributed by atoms with Crippen LogP contribution in [0.25, 0.3) is 0 Å². The average Bonchev–Trinajstić information content (AvgIpc) is 2.66. The molecule has 0 aromatic carbocycles. The van der Waals surface area contributed by atoms with Crippen molar-refractivity contribution in [1.82, 2.24) is 10.2 Å². The van der Waals surface area contributed by atoms with E-state index in [0.29, 0.717) is 19.6 Å². The molecule has 1 aliphatic rings. The van der Waals surface area contributed by atoms with Crippen molar-refractivity contribution in [2.24, 2.45) is 0 Å². The Kier molecular flexibility index (Phi) is 5.74. The Balaban J connectivity index is 2.54. The number of ether oxygens (including phenoxy) is 1. The predicted molar refractivity (Wildman–Crippen MR) is 69.3 cm³/mol. The van der Waals surface area contributed by atoms with Crippen LogP contribution in [0.3, 0.4) is 0 Å². The summed E-state index contributed by atoms with van der Waals surface area (Å²) in [7, 11) is -1.55. The molecule has 1 N–H and O–H groups in total. The molecule has 1 fully saturated rings. The molecule has 0 aromatic heterocycles. The number of sulfone groups is 1. The van der Waals surface area contributed by atoms with Crippen LogP contribution < -0.4 is 5.32 Å². The maximum Gasteiger partial charge on any atom is 0.239 e. The third-order valence-corrected chi connectivity index (χ3v) is 4.75. The molecule has 19 heavy (non-hydrogen) atoms. The first-order valence-electron chi connectivity index (χ1n) is 6.09. The SMILES string of the molecule is COCCNC(=O)CN(C(C)=O)C1CCS(=O)(=O)C1. The number of rotatable bonds is 6. The molecule has 1 rings (SSSR count). The Morgan fingerprint density at radius 2 is 2.11 bits per heavy atom. The minimum atomic E-state index is -3.08. The van der Waals surface area contributed by atoms with Crippen molar-refractivity contribution in [3.63, 3.8) is 0 Å². The molecule has 2 amide bonds. The third-order valence-electron chi connectivity index (χ3n) is 3.00. The molecule has 1 saturated heterocycles. The van der Waals surface area contributed by atoms with Crippen LogP contribution in [-0.4, -0.2) is 69.5 Å². The van der Waals surface area contributed by atoms with Gasteiger partial charge >= 0.3 is 0 Å². The summed E-state index contributed by atoms with van der Waals surface area (Å²) in [5, 5.41) is 2.61. The Labute approximate surface area is 113 Å². The fourth-order valence-corrected chi connectivity index (χ4v) is 3.75. The highest BCUT2D eigenvalue weighted by Crippen LogP contribution is 2.17. The summed E-state index contributed by atoms with van der Waals surface area (Å²) in [4.78, 5) is 24.5. The van der Waals surface area contributed by atoms with Crippen LogP contribution in [-0.2, 0) is 24.2 Å². The molecule has 0 spiro atoms. The summed E-state index contributed by atoms with van der Waals surface area (Å²) < 4.78 is 27.6. The smallest absolute Gasteiger partial charge is 0.239 e. The van der Waals surface area contributed by atoms with Gasteiger partial charge in [-0.1, -0.05) is 0 Å². The van der Waals surface area contributed by atoms with Gasteiger partial charge in [-0.3, -0.25) is 9.59 Å². The normalized spacial score (nSPS) is 21.1. The molecule has 1 heterocycles. The van der Waals surface area contributed by atoms with Crippen LogP contribution >= 0.6 is 0 Å². The van der Waals surface area contributed by atoms with Crippen LogP contribution in [0.15, 0.2) is 0 Å². The molecular weight excluding hydrogens is 272 g/mol. The molecular formula is C11H20N2O5S. The fraction of sp³-hybridized carbons (Fsp3) is 0.818. The topological polar surface area (TPSA) is 92.8 Å². The van der Waals surface area contributed by atoms with Gasteiger partial charge in [-0.05, 0) is 6.42 Å². The number of nitrogens with one attached hydrogen (secondary N) is 1. The highest BCUT2D eigenvalue weighted by atomic mass is 32.2. The summed E-state index contributed by atoms with van der Waals surface area (Å²) in [6.45, 7) is 1.99. The summed E-state index contributed by atoms with van der Waals surface area (Å²) in [6, 6.07) is -0.393. The second-order valence-corrected chi connectivity index (χ2v) is 6.78. The quantitative estimate of drug-likeness (QED) is 0.620. The zero-order chi connectivity index (χ0) is 14.5. The number of methoxy groups -OCH3 is 1. The fourth-order valence-electron chi connectivity index (χ4n) is 2.02. The van der Waals surface area contributed by atoms with Gasteiger partial charge in [0.2, 0.25) is 11.8 Å². The molecule has 0 saturated carbocycles. The summed E-state index contributed by atoms with van der Waals surface area (Å²) in [6.07, 6.45) is 0.396. The zero-order valence-corrected chi connectivity index (χ0v) is 12.0. The van der Waals surface area contributed by atoms with E-state index < -0.39 is 15.9 Å². The van der Waals surface area contributed by atoms with Gasteiger partial charge in [-0.2, -0.15) is 0 Å². The average molecular weight is 292 g/mol. The first kappa shape index (κ1) is 15.9. The number of nitrogens with zero attached hydrogens (tertiary/aromatic N) is 1. The lowest BCUT2D eigenvalue weighted by Gasteiger charge is -2.26. The molecule has 8 heteroatoms. The first-order chi connectivity index (χ1) is 8.85. The molecule has 0 aliphatic carbocycles. The van der Waals surface area contributed by atoms with Gasteiger partial charge in [-0.15, -0.1) is 0 Å². The van der Waals surface area contributed by atoms with Gasteiger partial charge in [0.15, 0.2) is 9.84 Å². The van der Waals surface area contributed by atoms with Gasteiger partial charge < -0.3 is 15.0 Å². The van der Waals surface area contributed by atoms with Gasteiger partial charge in [0.05, 0.1) is 24.7 Å². The van der Waals surface area contributed by atoms with Crippen molar-refractivity contribution in [1.29, 1.82) is 0 Å². The number of amides is 2. The second kappa shape index (κ2) is 6.85. The van der Waals surface area contributed by atoms with Crippen molar-refractivity contribution in [3.05, 3.63) is 0 Å². The van der Waals surface area contributed by atoms with Crippen molar-refractivity contribution in [2.75, 3.05) is 38.3 Å². The van der Waals surface area contributed by atoms with E-state index in [2.05, 4.69) is 5.32 Å². The van der Waals surface area contributed by atoms with E-state index in [1.807, 2.05) is 0 Å². The van der Waals surface area contributed by atoms with E-state index in [9.17, 15) is 18.0 Å². The maximum absolute atomic E-state index is 11.6. The number of carbonyl (C=O) groups is 2. The van der Waals surface area contributed by atoms with E-state index in [0.717, 1.165) is 0 Å². The Bertz CT molecular complexity index is 434. The lowest BCUT2D eigenvalue weighted by atomic mass is 10.2. The monoisotopic (exact) mass is 292 g/mol. The predicted octanol–water partition coefficient (Wildman–Crippen LogP) is -1.22. The van der Waals surface area contributed by atoms with E-state index in [1.165, 1.54) is 18.9 Å². The van der Waals surface area contributed by atoms with E-state index in [-0.39, 0.29) is 29.9 Å². The summed E-state index contributed by atoms with van der Waals surface area (Å²) >= 11 is 0. The highest BCUT2D eigenvalue weighted by molar-refractivity contribution is 7.91.